The van der Waals surface area contributed by atoms with Crippen LogP contribution < -0.4 is 0 Å². The van der Waals surface area contributed by atoms with Crippen molar-refractivity contribution in [1.29, 1.82) is 0 Å². The van der Waals surface area contributed by atoms with Crippen LogP contribution in [0, 0.1) is 11.2 Å². The molecule has 1 aliphatic heterocycles. The smallest absolute Gasteiger partial charge is 0.410 e. The van der Waals surface area contributed by atoms with Gasteiger partial charge in [-0.2, -0.15) is 0 Å². The van der Waals surface area contributed by atoms with E-state index in [1.165, 1.54) is 12.1 Å². The first-order chi connectivity index (χ1) is 14.2. The monoisotopic (exact) mass is 425 g/mol. The van der Waals surface area contributed by atoms with Crippen molar-refractivity contribution >= 4 is 11.7 Å². The molecule has 1 aliphatic rings. The summed E-state index contributed by atoms with van der Waals surface area (Å²) in [5, 5.41) is 0. The summed E-state index contributed by atoms with van der Waals surface area (Å²) in [4.78, 5) is 14.4. The summed E-state index contributed by atoms with van der Waals surface area (Å²) < 4.78 is 40.6. The quantitative estimate of drug-likeness (QED) is 0.444. The molecule has 0 saturated carbocycles. The summed E-state index contributed by atoms with van der Waals surface area (Å²) in [6, 6.07) is 6.25. The molecule has 168 valence electrons. The molecule has 7 nitrogen and oxygen atoms in total. The van der Waals surface area contributed by atoms with E-state index in [-0.39, 0.29) is 32.6 Å². The summed E-state index contributed by atoms with van der Waals surface area (Å²) in [5.74, 6) is -0.317. The second-order valence-electron chi connectivity index (χ2n) is 8.28. The first-order valence-electron chi connectivity index (χ1n) is 9.78. The SMILES string of the molecule is COCOCC1(COCOC)CN(C(=O)OC(C)(C)C)CC=C1c1ccc(F)cc1. The zero-order valence-corrected chi connectivity index (χ0v) is 18.4. The Bertz CT molecular complexity index is 703. The van der Waals surface area contributed by atoms with E-state index in [2.05, 4.69) is 0 Å². The van der Waals surface area contributed by atoms with Crippen LogP contribution >= 0.6 is 0 Å². The molecule has 0 bridgehead atoms. The van der Waals surface area contributed by atoms with Gasteiger partial charge in [0.05, 0.1) is 18.6 Å². The van der Waals surface area contributed by atoms with Crippen LogP contribution in [-0.4, -0.2) is 70.7 Å². The largest absolute Gasteiger partial charge is 0.444 e. The molecule has 0 radical (unpaired) electrons. The van der Waals surface area contributed by atoms with Gasteiger partial charge < -0.3 is 28.6 Å². The van der Waals surface area contributed by atoms with E-state index in [1.807, 2.05) is 26.8 Å². The van der Waals surface area contributed by atoms with E-state index in [0.29, 0.717) is 13.1 Å². The van der Waals surface area contributed by atoms with Crippen LogP contribution in [0.3, 0.4) is 0 Å². The minimum atomic E-state index is -0.718. The standard InChI is InChI=1S/C22H32FNO6/c1-21(2,3)30-20(25)24-11-10-19(17-6-8-18(23)9-7-17)22(12-24,13-28-15-26-4)14-29-16-27-5/h6-10H,11-16H2,1-5H3. The molecule has 0 unspecified atom stereocenters. The molecule has 8 heteroatoms. The van der Waals surface area contributed by atoms with Crippen LogP contribution in [0.25, 0.3) is 5.57 Å². The van der Waals surface area contributed by atoms with Gasteiger partial charge in [0.25, 0.3) is 0 Å². The lowest BCUT2D eigenvalue weighted by Crippen LogP contribution is -2.51. The molecule has 30 heavy (non-hydrogen) atoms. The third-order valence-electron chi connectivity index (χ3n) is 4.55. The molecule has 1 aromatic rings. The molecule has 0 N–H and O–H groups in total. The van der Waals surface area contributed by atoms with E-state index in [9.17, 15) is 9.18 Å². The van der Waals surface area contributed by atoms with Crippen LogP contribution in [-0.2, 0) is 23.7 Å². The molecule has 0 aliphatic carbocycles. The van der Waals surface area contributed by atoms with Crippen molar-refractivity contribution in [3.63, 3.8) is 0 Å². The Morgan fingerprint density at radius 3 is 2.13 bits per heavy atom. The van der Waals surface area contributed by atoms with Gasteiger partial charge in [-0.1, -0.05) is 18.2 Å². The van der Waals surface area contributed by atoms with Gasteiger partial charge in [-0.15, -0.1) is 0 Å². The lowest BCUT2D eigenvalue weighted by Gasteiger charge is -2.43. The average Bonchev–Trinajstić information content (AvgIpc) is 2.68. The number of nitrogens with zero attached hydrogens (tertiary/aromatic N) is 1. The van der Waals surface area contributed by atoms with Gasteiger partial charge in [-0.3, -0.25) is 0 Å². The zero-order chi connectivity index (χ0) is 22.2. The van der Waals surface area contributed by atoms with Crippen LogP contribution in [0.2, 0.25) is 0 Å². The summed E-state index contributed by atoms with van der Waals surface area (Å²) in [6.45, 7) is 6.78. The highest BCUT2D eigenvalue weighted by atomic mass is 19.1. The highest BCUT2D eigenvalue weighted by molar-refractivity contribution is 5.76. The van der Waals surface area contributed by atoms with E-state index in [0.717, 1.165) is 11.1 Å². The molecule has 1 aromatic carbocycles. The maximum atomic E-state index is 13.5. The van der Waals surface area contributed by atoms with Crippen molar-refractivity contribution in [3.8, 4) is 0 Å². The van der Waals surface area contributed by atoms with Crippen molar-refractivity contribution in [2.24, 2.45) is 5.41 Å². The molecule has 1 heterocycles. The molecule has 0 fully saturated rings. The van der Waals surface area contributed by atoms with Crippen LogP contribution in [0.15, 0.2) is 30.3 Å². The minimum Gasteiger partial charge on any atom is -0.444 e. The van der Waals surface area contributed by atoms with Crippen molar-refractivity contribution in [2.45, 2.75) is 26.4 Å². The second-order valence-corrected chi connectivity index (χ2v) is 8.28. The number of carbonyl (C=O) groups is 1. The zero-order valence-electron chi connectivity index (χ0n) is 18.4. The maximum Gasteiger partial charge on any atom is 0.410 e. The molecule has 1 amide bonds. The van der Waals surface area contributed by atoms with E-state index >= 15 is 0 Å². The molecular weight excluding hydrogens is 393 g/mol. The number of hydrogen-bond acceptors (Lipinski definition) is 6. The number of methoxy groups -OCH3 is 2. The molecular formula is C22H32FNO6. The van der Waals surface area contributed by atoms with Gasteiger partial charge in [0.1, 0.15) is 25.0 Å². The Morgan fingerprint density at radius 1 is 1.07 bits per heavy atom. The van der Waals surface area contributed by atoms with Gasteiger partial charge >= 0.3 is 6.09 Å². The topological polar surface area (TPSA) is 66.5 Å². The molecule has 2 rings (SSSR count). The predicted molar refractivity (Wildman–Crippen MR) is 110 cm³/mol. The van der Waals surface area contributed by atoms with Crippen LogP contribution in [0.4, 0.5) is 9.18 Å². The average molecular weight is 425 g/mol. The number of rotatable bonds is 9. The molecule has 0 spiro atoms. The van der Waals surface area contributed by atoms with Gasteiger partial charge in [-0.25, -0.2) is 9.18 Å². The number of carbonyl (C=O) groups excluding carboxylic acids is 1. The summed E-state index contributed by atoms with van der Waals surface area (Å²) in [5.41, 5.74) is 0.417. The predicted octanol–water partition coefficient (Wildman–Crippen LogP) is 3.69. The fraction of sp³-hybridized carbons (Fsp3) is 0.591. The van der Waals surface area contributed by atoms with E-state index in [1.54, 1.807) is 31.3 Å². The lowest BCUT2D eigenvalue weighted by molar-refractivity contribution is -0.100. The number of amides is 1. The lowest BCUT2D eigenvalue weighted by atomic mass is 9.75. The summed E-state index contributed by atoms with van der Waals surface area (Å²) in [6.07, 6.45) is 1.52. The minimum absolute atomic E-state index is 0.0924. The van der Waals surface area contributed by atoms with Crippen LogP contribution in [0.1, 0.15) is 26.3 Å². The Morgan fingerprint density at radius 2 is 1.63 bits per heavy atom. The second kappa shape index (κ2) is 10.9. The number of halogens is 1. The maximum absolute atomic E-state index is 13.5. The molecule has 0 atom stereocenters. The molecule has 0 aromatic heterocycles. The first-order valence-corrected chi connectivity index (χ1v) is 9.78. The van der Waals surface area contributed by atoms with E-state index < -0.39 is 17.1 Å². The van der Waals surface area contributed by atoms with Crippen molar-refractivity contribution in [3.05, 3.63) is 41.7 Å². The van der Waals surface area contributed by atoms with Crippen LogP contribution in [0.5, 0.6) is 0 Å². The Labute approximate surface area is 177 Å². The number of benzene rings is 1. The van der Waals surface area contributed by atoms with Crippen molar-refractivity contribution in [2.75, 3.05) is 54.1 Å². The number of hydrogen-bond donors (Lipinski definition) is 0. The third-order valence-corrected chi connectivity index (χ3v) is 4.55. The number of ether oxygens (including phenoxy) is 5. The first kappa shape index (κ1) is 24.3. The van der Waals surface area contributed by atoms with E-state index in [4.69, 9.17) is 23.7 Å². The fourth-order valence-corrected chi connectivity index (χ4v) is 3.38. The van der Waals surface area contributed by atoms with Crippen molar-refractivity contribution < 1.29 is 32.9 Å². The summed E-state index contributed by atoms with van der Waals surface area (Å²) >= 11 is 0. The third kappa shape index (κ3) is 6.77. The Balaban J connectivity index is 2.40. The highest BCUT2D eigenvalue weighted by Crippen LogP contribution is 2.40. The highest BCUT2D eigenvalue weighted by Gasteiger charge is 2.42. The van der Waals surface area contributed by atoms with Gasteiger partial charge in [-0.05, 0) is 44.0 Å². The van der Waals surface area contributed by atoms with Gasteiger partial charge in [0.15, 0.2) is 0 Å². The Kier molecular flexibility index (Phi) is 8.78. The van der Waals surface area contributed by atoms with Gasteiger partial charge in [0, 0.05) is 27.3 Å². The van der Waals surface area contributed by atoms with Crippen molar-refractivity contribution in [1.82, 2.24) is 4.90 Å². The Hall–Kier alpha value is -2.00. The fourth-order valence-electron chi connectivity index (χ4n) is 3.38. The normalized spacial score (nSPS) is 16.3. The van der Waals surface area contributed by atoms with Gasteiger partial charge in [0.2, 0.25) is 0 Å². The molecule has 0 saturated heterocycles. The summed E-state index contributed by atoms with van der Waals surface area (Å²) in [7, 11) is 3.08.